The highest BCUT2D eigenvalue weighted by atomic mass is 35.5. The number of nitrogens with zero attached hydrogens (tertiary/aromatic N) is 14. The number of aromatic hydroxyl groups is 2. The highest BCUT2D eigenvalue weighted by Gasteiger charge is 2.19. The van der Waals surface area contributed by atoms with Gasteiger partial charge < -0.3 is 111 Å². The molecule has 0 amide bonds. The molecular formula is C82H124ClN35O6. The van der Waals surface area contributed by atoms with Crippen molar-refractivity contribution in [3.8, 4) is 23.0 Å². The summed E-state index contributed by atoms with van der Waals surface area (Å²) in [5, 5.41) is 62.3. The molecule has 0 spiro atoms. The van der Waals surface area contributed by atoms with Crippen LogP contribution in [0.25, 0.3) is 0 Å². The summed E-state index contributed by atoms with van der Waals surface area (Å²) >= 11 is 5.81. The number of aliphatic imine (C=N–C) groups is 14. The largest absolute Gasteiger partial charge is 0.504 e. The Morgan fingerprint density at radius 1 is 0.435 bits per heavy atom. The van der Waals surface area contributed by atoms with E-state index in [2.05, 4.69) is 177 Å². The fourth-order valence-corrected chi connectivity index (χ4v) is 11.5. The van der Waals surface area contributed by atoms with E-state index < -0.39 is 0 Å². The molecule has 0 aliphatic carbocycles. The summed E-state index contributed by atoms with van der Waals surface area (Å²) in [6.45, 7) is 25.2. The molecule has 7 atom stereocenters. The second-order valence-electron chi connectivity index (χ2n) is 29.4. The van der Waals surface area contributed by atoms with E-state index in [0.717, 1.165) is 97.8 Å². The maximum absolute atomic E-state index is 9.41. The molecule has 2 aromatic heterocycles. The fraction of sp³-hybridized carbons (Fsp3) is 0.439. The second-order valence-corrected chi connectivity index (χ2v) is 29.8. The molecule has 42 heteroatoms. The zero-order chi connectivity index (χ0) is 88.8. The van der Waals surface area contributed by atoms with Gasteiger partial charge >= 0.3 is 0 Å². The zero-order valence-corrected chi connectivity index (χ0v) is 72.5. The van der Waals surface area contributed by atoms with Gasteiger partial charge in [0.05, 0.1) is 64.1 Å². The minimum atomic E-state index is -0.120. The van der Waals surface area contributed by atoms with Crippen LogP contribution in [0, 0.1) is 0 Å². The van der Waals surface area contributed by atoms with Gasteiger partial charge in [0.2, 0.25) is 18.7 Å². The van der Waals surface area contributed by atoms with E-state index in [4.69, 9.17) is 70.0 Å². The SMILES string of the molecule is CC1CN=C(N)NC(=NCCc2ccc(O)c(O)c2)N1.CC1CN=C(N)NC(=NCCc2ccc3c(c2)OCO3)N1.CC1CN=C(N)NC(=NCCc2ccccc2)N1.CC1CN=C(N)NC(=NCCc2ccco2)N1.CC1CN=C(N)NC(=NCCc2ccoc2)N1.CC1CN=C(N)NC(Nc2ccc(Cl)cc2)=N1.CCCCN=C1N=C(N)NCC(C)N1. The van der Waals surface area contributed by atoms with Gasteiger partial charge in [-0.25, -0.2) is 4.99 Å². The van der Waals surface area contributed by atoms with Gasteiger partial charge in [0.1, 0.15) is 5.76 Å². The lowest BCUT2D eigenvalue weighted by atomic mass is 10.1. The zero-order valence-electron chi connectivity index (χ0n) is 71.7. The lowest BCUT2D eigenvalue weighted by Crippen LogP contribution is -2.45. The molecular weight excluding hydrogens is 1610 g/mol. The molecule has 7 unspecified atom stereocenters. The molecule has 0 fully saturated rings. The van der Waals surface area contributed by atoms with Crippen LogP contribution in [0.4, 0.5) is 5.69 Å². The summed E-state index contributed by atoms with van der Waals surface area (Å²) in [5.41, 5.74) is 45.0. The monoisotopic (exact) mass is 1730 g/mol. The number of hydrogen-bond acceptors (Lipinski definition) is 29. The maximum Gasteiger partial charge on any atom is 0.231 e. The van der Waals surface area contributed by atoms with Crippen LogP contribution >= 0.6 is 11.6 Å². The van der Waals surface area contributed by atoms with E-state index >= 15 is 0 Å². The minimum Gasteiger partial charge on any atom is -0.504 e. The molecule has 41 nitrogen and oxygen atoms in total. The lowest BCUT2D eigenvalue weighted by Gasteiger charge is -2.11. The van der Waals surface area contributed by atoms with Gasteiger partial charge in [-0.15, -0.1) is 0 Å². The molecule has 0 radical (unpaired) electrons. The van der Waals surface area contributed by atoms with E-state index in [1.807, 2.05) is 113 Å². The van der Waals surface area contributed by atoms with Crippen molar-refractivity contribution >= 4 is 101 Å². The van der Waals surface area contributed by atoms with Crippen molar-refractivity contribution in [2.24, 2.45) is 110 Å². The topological polar surface area (TPSA) is 609 Å². The summed E-state index contributed by atoms with van der Waals surface area (Å²) in [6, 6.07) is 35.6. The number of anilines is 1. The van der Waals surface area contributed by atoms with Gasteiger partial charge in [0.25, 0.3) is 0 Å². The molecule has 4 aromatic carbocycles. The molecule has 8 aliphatic rings. The summed E-state index contributed by atoms with van der Waals surface area (Å²) in [4.78, 5) is 59.9. The number of ether oxygens (including phenoxy) is 2. The Labute approximate surface area is 728 Å². The van der Waals surface area contributed by atoms with Crippen LogP contribution in [0.1, 0.15) is 96.2 Å². The van der Waals surface area contributed by atoms with Crippen molar-refractivity contribution in [1.82, 2.24) is 69.1 Å². The highest BCUT2D eigenvalue weighted by Crippen LogP contribution is 2.33. The Hall–Kier alpha value is -13.9. The molecule has 30 N–H and O–H groups in total. The summed E-state index contributed by atoms with van der Waals surface area (Å²) in [7, 11) is 0. The molecule has 0 saturated heterocycles. The van der Waals surface area contributed by atoms with Crippen LogP contribution in [-0.2, 0) is 32.1 Å². The third-order valence-electron chi connectivity index (χ3n) is 17.8. The van der Waals surface area contributed by atoms with E-state index in [1.54, 1.807) is 24.9 Å². The van der Waals surface area contributed by atoms with Crippen LogP contribution in [0.5, 0.6) is 23.0 Å². The Bertz CT molecular complexity index is 4620. The van der Waals surface area contributed by atoms with Gasteiger partial charge in [-0.3, -0.25) is 91.8 Å². The van der Waals surface area contributed by atoms with E-state index in [-0.39, 0.29) is 47.8 Å². The first-order valence-electron chi connectivity index (χ1n) is 41.2. The standard InChI is InChI=1S/C14H19N5O2.C13H19N5O2.C13H19N5.C11H14ClN5.2C11H17N5O.C9H19N5/c1-9-7-17-13(15)19-14(18-9)16-5-4-10-2-3-11-12(6-10)21-8-20-11;1-8-7-16-12(14)18-13(17-8)15-5-4-9-2-3-10(19)11(20)6-9;1-10-9-16-12(14)18-13(17-10)15-8-7-11-5-3-2-4-6-11;1-7-6-14-10(13)17-11(15-7)16-9-4-2-8(12)3-5-9;1-8-6-14-10(12)16-11(15-8)13-4-2-9-3-5-17-7-9;1-8-7-14-10(12)16-11(15-8)13-5-4-9-3-2-6-17-9;1-3-4-5-11-9-13-7(2)6-12-8(10)14-9/h2-3,6,9H,4-5,7-8H2,1H3,(H4,15,16,17,18,19);2-3,6,8,19-20H,4-5,7H2,1H3,(H4,14,15,16,17,18);2-6,10H,7-9H2,1H3,(H4,14,15,16,17,18);2-5,7H,6H2,1H3,(H4,13,14,15,16,17);3,5,7-8H,2,4,6H2,1H3,(H4,12,13,14,15,16);2-3,6,8H,4-5,7H2,1H3,(H4,12,13,14,15,16);7H,3-6H2,1-2H3,(H4,10,11,12,13,14). The molecule has 10 heterocycles. The van der Waals surface area contributed by atoms with Gasteiger partial charge in [0, 0.05) is 99.2 Å². The predicted molar refractivity (Wildman–Crippen MR) is 498 cm³/mol. The van der Waals surface area contributed by atoms with E-state index in [0.29, 0.717) is 173 Å². The third kappa shape index (κ3) is 38.2. The van der Waals surface area contributed by atoms with Crippen molar-refractivity contribution in [3.05, 3.63) is 161 Å². The van der Waals surface area contributed by atoms with Crippen molar-refractivity contribution in [2.45, 2.75) is 143 Å². The van der Waals surface area contributed by atoms with Crippen molar-refractivity contribution in [3.63, 3.8) is 0 Å². The van der Waals surface area contributed by atoms with Crippen LogP contribution in [0.2, 0.25) is 5.02 Å². The Balaban J connectivity index is 0.000000180. The first-order valence-corrected chi connectivity index (χ1v) is 41.6. The number of halogens is 1. The summed E-state index contributed by atoms with van der Waals surface area (Å²) in [6.07, 6.45) is 11.3. The first kappa shape index (κ1) is 95.6. The molecule has 0 saturated carbocycles. The number of furan rings is 2. The van der Waals surface area contributed by atoms with Crippen LogP contribution in [-0.4, -0.2) is 228 Å². The summed E-state index contributed by atoms with van der Waals surface area (Å²) in [5.74, 6) is 9.64. The van der Waals surface area contributed by atoms with Gasteiger partial charge in [-0.1, -0.05) is 67.4 Å². The molecule has 670 valence electrons. The van der Waals surface area contributed by atoms with Crippen LogP contribution in [0.3, 0.4) is 0 Å². The van der Waals surface area contributed by atoms with Crippen molar-refractivity contribution in [2.75, 3.05) is 97.2 Å². The molecule has 8 aliphatic heterocycles. The van der Waals surface area contributed by atoms with Crippen LogP contribution < -0.4 is 124 Å². The second kappa shape index (κ2) is 52.3. The molecule has 0 bridgehead atoms. The number of benzene rings is 4. The quantitative estimate of drug-likeness (QED) is 0.0408. The number of guanidine groups is 14. The third-order valence-corrected chi connectivity index (χ3v) is 18.1. The predicted octanol–water partition coefficient (Wildman–Crippen LogP) is 2.18. The lowest BCUT2D eigenvalue weighted by molar-refractivity contribution is 0.174. The normalized spacial score (nSPS) is 22.0. The average Bonchev–Trinajstić information content (AvgIpc) is 1.70. The van der Waals surface area contributed by atoms with Crippen LogP contribution in [0.15, 0.2) is 207 Å². The van der Waals surface area contributed by atoms with Crippen molar-refractivity contribution in [1.29, 1.82) is 0 Å². The summed E-state index contributed by atoms with van der Waals surface area (Å²) < 4.78 is 20.9. The Morgan fingerprint density at radius 3 is 1.39 bits per heavy atom. The minimum absolute atomic E-state index is 0.0957. The van der Waals surface area contributed by atoms with Crippen molar-refractivity contribution < 1.29 is 28.5 Å². The fourth-order valence-electron chi connectivity index (χ4n) is 11.4. The molecule has 6 aromatic rings. The maximum atomic E-state index is 9.41. The van der Waals surface area contributed by atoms with E-state index in [9.17, 15) is 10.2 Å². The average molecular weight is 1730 g/mol. The molecule has 14 rings (SSSR count). The van der Waals surface area contributed by atoms with E-state index in [1.165, 1.54) is 17.7 Å². The Kier molecular flexibility index (Phi) is 40.3. The molecule has 124 heavy (non-hydrogen) atoms. The van der Waals surface area contributed by atoms with Gasteiger partial charge in [0.15, 0.2) is 94.5 Å². The highest BCUT2D eigenvalue weighted by molar-refractivity contribution is 6.30. The number of fused-ring (bicyclic) bond motifs is 1. The van der Waals surface area contributed by atoms with Gasteiger partial charge in [-0.2, -0.15) is 4.99 Å². The first-order chi connectivity index (χ1) is 59.8. The number of phenolic OH excluding ortho intramolecular Hbond substituents is 2. The number of unbranched alkanes of at least 4 members (excludes halogenated alkanes) is 1. The van der Waals surface area contributed by atoms with Gasteiger partial charge in [-0.05, 0) is 170 Å². The number of rotatable bonds is 19. The number of nitrogens with two attached hydrogens (primary N) is 7. The number of hydrogen-bond donors (Lipinski definition) is 23. The Morgan fingerprint density at radius 2 is 0.903 bits per heavy atom. The number of phenols is 2. The smallest absolute Gasteiger partial charge is 0.231 e. The number of nitrogens with one attached hydrogen (secondary N) is 14.